The molecule has 0 atom stereocenters. The first-order valence-electron chi connectivity index (χ1n) is 20.2. The maximum atomic E-state index is 9.49. The van der Waals surface area contributed by atoms with E-state index in [1.165, 1.54) is 21.9 Å². The van der Waals surface area contributed by atoms with Crippen LogP contribution in [-0.2, 0) is 0 Å². The molecule has 0 N–H and O–H groups in total. The molecule has 5 heteroatoms. The second kappa shape index (κ2) is 15.0. The smallest absolute Gasteiger partial charge is 0.164 e. The van der Waals surface area contributed by atoms with Crippen molar-refractivity contribution in [3.63, 3.8) is 0 Å². The van der Waals surface area contributed by atoms with Crippen LogP contribution in [0.5, 0.6) is 0 Å². The van der Waals surface area contributed by atoms with Gasteiger partial charge in [-0.3, -0.25) is 0 Å². The van der Waals surface area contributed by atoms with Crippen molar-refractivity contribution in [3.8, 4) is 84.7 Å². The van der Waals surface area contributed by atoms with Gasteiger partial charge in [0.05, 0.1) is 11.6 Å². The van der Waals surface area contributed by atoms with Crippen molar-refractivity contribution in [2.24, 2.45) is 0 Å². The predicted molar refractivity (Wildman–Crippen MR) is 247 cm³/mol. The molecule has 2 heterocycles. The number of rotatable bonds is 7. The topological polar surface area (TPSA) is 75.6 Å². The van der Waals surface area contributed by atoms with Gasteiger partial charge in [0, 0.05) is 27.5 Å². The van der Waals surface area contributed by atoms with E-state index in [-0.39, 0.29) is 0 Å². The fourth-order valence-electron chi connectivity index (χ4n) is 8.23. The number of hydrogen-bond donors (Lipinski definition) is 0. The van der Waals surface area contributed by atoms with Crippen molar-refractivity contribution in [2.45, 2.75) is 0 Å². The van der Waals surface area contributed by atoms with Crippen LogP contribution in [-0.4, -0.2) is 15.0 Å². The van der Waals surface area contributed by atoms with E-state index in [1.54, 1.807) is 0 Å². The van der Waals surface area contributed by atoms with E-state index in [1.807, 2.05) is 72.8 Å². The van der Waals surface area contributed by atoms with E-state index >= 15 is 0 Å². The van der Waals surface area contributed by atoms with Gasteiger partial charge in [-0.25, -0.2) is 15.0 Å². The lowest BCUT2D eigenvalue weighted by Crippen LogP contribution is -2.00. The summed E-state index contributed by atoms with van der Waals surface area (Å²) in [6.45, 7) is 0. The Bertz CT molecular complexity index is 3470. The summed E-state index contributed by atoms with van der Waals surface area (Å²) in [6, 6.07) is 72.9. The van der Waals surface area contributed by atoms with Crippen LogP contribution >= 0.6 is 0 Å². The molecule has 0 bridgehead atoms. The lowest BCUT2D eigenvalue weighted by atomic mass is 9.97. The summed E-state index contributed by atoms with van der Waals surface area (Å²) in [4.78, 5) is 15.3. The predicted octanol–water partition coefficient (Wildman–Crippen LogP) is 14.5. The molecule has 5 nitrogen and oxygen atoms in total. The standard InChI is InChI=1S/C56H34N4O/c57-35-36-9-6-14-43(31-36)40-23-26-42(27-24-40)54-58-55(47-16-7-15-45(33-47)41-21-19-39(20-22-41)37-10-2-1-3-11-37)60-56(59-54)48-29-30-50-52(34-48)61-51-18-8-17-49(53(50)51)46-28-25-38-12-4-5-13-44(38)32-46/h1-34H. The third-order valence-electron chi connectivity index (χ3n) is 11.4. The van der Waals surface area contributed by atoms with E-state index < -0.39 is 0 Å². The van der Waals surface area contributed by atoms with Crippen LogP contribution in [0.3, 0.4) is 0 Å². The highest BCUT2D eigenvalue weighted by atomic mass is 16.3. The largest absolute Gasteiger partial charge is 0.456 e. The first kappa shape index (κ1) is 35.7. The monoisotopic (exact) mass is 778 g/mol. The molecule has 0 radical (unpaired) electrons. The Hall–Kier alpha value is -8.46. The fraction of sp³-hybridized carbons (Fsp3) is 0. The van der Waals surface area contributed by atoms with Gasteiger partial charge < -0.3 is 4.42 Å². The Balaban J connectivity index is 1.01. The minimum atomic E-state index is 0.542. The van der Waals surface area contributed by atoms with Gasteiger partial charge in [0.2, 0.25) is 0 Å². The summed E-state index contributed by atoms with van der Waals surface area (Å²) in [5.74, 6) is 1.66. The quantitative estimate of drug-likeness (QED) is 0.161. The molecule has 0 saturated heterocycles. The zero-order chi connectivity index (χ0) is 40.7. The Kier molecular flexibility index (Phi) is 8.80. The third-order valence-corrected chi connectivity index (χ3v) is 11.4. The lowest BCUT2D eigenvalue weighted by Gasteiger charge is -2.11. The van der Waals surface area contributed by atoms with Crippen molar-refractivity contribution in [1.82, 2.24) is 15.0 Å². The molecular formula is C56H34N4O. The Labute approximate surface area is 352 Å². The van der Waals surface area contributed by atoms with Crippen molar-refractivity contribution in [1.29, 1.82) is 5.26 Å². The Morgan fingerprint density at radius 1 is 0.344 bits per heavy atom. The zero-order valence-electron chi connectivity index (χ0n) is 32.8. The molecule has 0 unspecified atom stereocenters. The molecule has 0 aliphatic carbocycles. The van der Waals surface area contributed by atoms with Crippen molar-refractivity contribution in [2.75, 3.05) is 0 Å². The first-order chi connectivity index (χ1) is 30.1. The summed E-state index contributed by atoms with van der Waals surface area (Å²) in [5, 5.41) is 14.0. The Morgan fingerprint density at radius 2 is 0.869 bits per heavy atom. The lowest BCUT2D eigenvalue weighted by molar-refractivity contribution is 0.669. The molecule has 0 spiro atoms. The number of furan rings is 1. The molecule has 61 heavy (non-hydrogen) atoms. The highest BCUT2D eigenvalue weighted by molar-refractivity contribution is 6.13. The van der Waals surface area contributed by atoms with Crippen molar-refractivity contribution in [3.05, 3.63) is 212 Å². The first-order valence-corrected chi connectivity index (χ1v) is 20.2. The van der Waals surface area contributed by atoms with E-state index in [0.29, 0.717) is 23.0 Å². The molecular weight excluding hydrogens is 745 g/mol. The number of hydrogen-bond acceptors (Lipinski definition) is 5. The molecule has 0 aliphatic heterocycles. The molecule has 0 saturated carbocycles. The zero-order valence-corrected chi connectivity index (χ0v) is 32.8. The van der Waals surface area contributed by atoms with Crippen LogP contribution in [0.15, 0.2) is 211 Å². The van der Waals surface area contributed by atoms with Gasteiger partial charge in [0.1, 0.15) is 11.2 Å². The SMILES string of the molecule is N#Cc1cccc(-c2ccc(-c3nc(-c4cccc(-c5ccc(-c6ccccc6)cc5)c4)nc(-c4ccc5c(c4)oc4cccc(-c6ccc7ccccc7c6)c45)n3)cc2)c1. The molecule has 0 aliphatic rings. The van der Waals surface area contributed by atoms with E-state index in [0.717, 1.165) is 72.0 Å². The average Bonchev–Trinajstić information content (AvgIpc) is 3.72. The summed E-state index contributed by atoms with van der Waals surface area (Å²) in [5.41, 5.74) is 13.5. The average molecular weight is 779 g/mol. The van der Waals surface area contributed by atoms with Crippen LogP contribution in [0.1, 0.15) is 5.56 Å². The fourth-order valence-corrected chi connectivity index (χ4v) is 8.23. The molecule has 2 aromatic heterocycles. The van der Waals surface area contributed by atoms with Crippen LogP contribution < -0.4 is 0 Å². The number of aromatic nitrogens is 3. The number of nitrogens with zero attached hydrogens (tertiary/aromatic N) is 4. The van der Waals surface area contributed by atoms with Crippen molar-refractivity contribution >= 4 is 32.7 Å². The van der Waals surface area contributed by atoms with E-state index in [2.05, 4.69) is 140 Å². The van der Waals surface area contributed by atoms with Crippen LogP contribution in [0.2, 0.25) is 0 Å². The summed E-state index contributed by atoms with van der Waals surface area (Å²) >= 11 is 0. The molecule has 0 amide bonds. The normalized spacial score (nSPS) is 11.3. The van der Waals surface area contributed by atoms with Gasteiger partial charge in [0.15, 0.2) is 17.5 Å². The van der Waals surface area contributed by atoms with Crippen molar-refractivity contribution < 1.29 is 4.42 Å². The van der Waals surface area contributed by atoms with Gasteiger partial charge in [0.25, 0.3) is 0 Å². The van der Waals surface area contributed by atoms with Crippen LogP contribution in [0.25, 0.3) is 111 Å². The van der Waals surface area contributed by atoms with E-state index in [4.69, 9.17) is 19.4 Å². The number of benzene rings is 9. The Morgan fingerprint density at radius 3 is 1.61 bits per heavy atom. The van der Waals surface area contributed by atoms with E-state index in [9.17, 15) is 5.26 Å². The number of fused-ring (bicyclic) bond motifs is 4. The maximum absolute atomic E-state index is 9.49. The van der Waals surface area contributed by atoms with Gasteiger partial charge in [-0.1, -0.05) is 164 Å². The third kappa shape index (κ3) is 6.78. The summed E-state index contributed by atoms with van der Waals surface area (Å²) in [6.07, 6.45) is 0. The van der Waals surface area contributed by atoms with Gasteiger partial charge in [-0.2, -0.15) is 5.26 Å². The minimum absolute atomic E-state index is 0.542. The highest BCUT2D eigenvalue weighted by Gasteiger charge is 2.18. The minimum Gasteiger partial charge on any atom is -0.456 e. The molecule has 11 rings (SSSR count). The van der Waals surface area contributed by atoms with Gasteiger partial charge in [-0.05, 0) is 97.7 Å². The van der Waals surface area contributed by atoms with Gasteiger partial charge >= 0.3 is 0 Å². The summed E-state index contributed by atoms with van der Waals surface area (Å²) in [7, 11) is 0. The molecule has 9 aromatic carbocycles. The molecule has 284 valence electrons. The molecule has 11 aromatic rings. The highest BCUT2D eigenvalue weighted by Crippen LogP contribution is 2.39. The second-order valence-electron chi connectivity index (χ2n) is 15.2. The maximum Gasteiger partial charge on any atom is 0.164 e. The summed E-state index contributed by atoms with van der Waals surface area (Å²) < 4.78 is 6.58. The molecule has 0 fully saturated rings. The number of nitriles is 1. The van der Waals surface area contributed by atoms with Crippen LogP contribution in [0.4, 0.5) is 0 Å². The van der Waals surface area contributed by atoms with Crippen LogP contribution in [0, 0.1) is 11.3 Å². The second-order valence-corrected chi connectivity index (χ2v) is 15.2. The van der Waals surface area contributed by atoms with Gasteiger partial charge in [-0.15, -0.1) is 0 Å².